The van der Waals surface area contributed by atoms with E-state index in [4.69, 9.17) is 4.98 Å². The third-order valence-electron chi connectivity index (χ3n) is 5.59. The van der Waals surface area contributed by atoms with E-state index in [0.29, 0.717) is 0 Å². The van der Waals surface area contributed by atoms with Crippen molar-refractivity contribution in [3.8, 4) is 0 Å². The van der Waals surface area contributed by atoms with Crippen molar-refractivity contribution in [3.05, 3.63) is 77.7 Å². The Labute approximate surface area is 170 Å². The molecule has 2 N–H and O–H groups in total. The first-order chi connectivity index (χ1) is 14.3. The van der Waals surface area contributed by atoms with Crippen LogP contribution in [0.1, 0.15) is 23.4 Å². The Balaban J connectivity index is 1.34. The van der Waals surface area contributed by atoms with Crippen LogP contribution in [0.25, 0.3) is 10.9 Å². The molecule has 0 unspecified atom stereocenters. The van der Waals surface area contributed by atoms with Crippen LogP contribution in [0.4, 0.5) is 17.3 Å². The number of aromatic amines is 1. The van der Waals surface area contributed by atoms with Gasteiger partial charge in [0.15, 0.2) is 0 Å². The minimum atomic E-state index is 0.792. The normalized spacial score (nSPS) is 13.5. The summed E-state index contributed by atoms with van der Waals surface area (Å²) in [7, 11) is 0. The molecule has 1 aliphatic heterocycles. The topological polar surface area (TPSA) is 56.8 Å². The molecule has 146 valence electrons. The van der Waals surface area contributed by atoms with Crippen LogP contribution in [-0.4, -0.2) is 28.0 Å². The summed E-state index contributed by atoms with van der Waals surface area (Å²) in [6, 6.07) is 19.1. The van der Waals surface area contributed by atoms with E-state index >= 15 is 0 Å². The predicted molar refractivity (Wildman–Crippen MR) is 119 cm³/mol. The van der Waals surface area contributed by atoms with Gasteiger partial charge in [-0.3, -0.25) is 0 Å². The second kappa shape index (κ2) is 7.59. The van der Waals surface area contributed by atoms with E-state index in [0.717, 1.165) is 49.8 Å². The van der Waals surface area contributed by atoms with Crippen LogP contribution >= 0.6 is 0 Å². The molecule has 0 spiro atoms. The molecule has 2 aromatic carbocycles. The lowest BCUT2D eigenvalue weighted by Crippen LogP contribution is -2.25. The number of rotatable bonds is 5. The zero-order valence-electron chi connectivity index (χ0n) is 16.7. The number of benzene rings is 2. The van der Waals surface area contributed by atoms with Gasteiger partial charge in [0.05, 0.1) is 0 Å². The maximum absolute atomic E-state index is 4.73. The third kappa shape index (κ3) is 3.56. The van der Waals surface area contributed by atoms with Crippen molar-refractivity contribution >= 4 is 28.2 Å². The van der Waals surface area contributed by atoms with Crippen molar-refractivity contribution < 1.29 is 0 Å². The van der Waals surface area contributed by atoms with Crippen molar-refractivity contribution in [2.45, 2.75) is 26.2 Å². The molecule has 0 atom stereocenters. The standard InChI is InChI=1S/C24H25N5/c1-17-27-23(25-13-12-19-16-26-21-10-4-3-9-20(19)21)15-24(28-17)29-14-6-8-18-7-2-5-11-22(18)29/h2-5,7,9-11,15-16,26H,6,8,12-14H2,1H3,(H,25,27,28). The van der Waals surface area contributed by atoms with Crippen LogP contribution in [0.5, 0.6) is 0 Å². The first-order valence-corrected chi connectivity index (χ1v) is 10.3. The molecule has 1 aliphatic rings. The molecule has 0 radical (unpaired) electrons. The van der Waals surface area contributed by atoms with E-state index in [1.54, 1.807) is 0 Å². The largest absolute Gasteiger partial charge is 0.370 e. The van der Waals surface area contributed by atoms with Crippen LogP contribution in [0.15, 0.2) is 60.8 Å². The van der Waals surface area contributed by atoms with E-state index in [-0.39, 0.29) is 0 Å². The molecule has 0 bridgehead atoms. The van der Waals surface area contributed by atoms with Gasteiger partial charge in [-0.25, -0.2) is 9.97 Å². The van der Waals surface area contributed by atoms with Crippen LogP contribution in [0, 0.1) is 6.92 Å². The second-order valence-corrected chi connectivity index (χ2v) is 7.58. The number of nitrogens with zero attached hydrogens (tertiary/aromatic N) is 3. The number of para-hydroxylation sites is 2. The van der Waals surface area contributed by atoms with Crippen LogP contribution < -0.4 is 10.2 Å². The van der Waals surface area contributed by atoms with Crippen molar-refractivity contribution in [2.75, 3.05) is 23.3 Å². The van der Waals surface area contributed by atoms with E-state index < -0.39 is 0 Å². The molecule has 3 heterocycles. The number of H-pyrrole nitrogens is 1. The van der Waals surface area contributed by atoms with Gasteiger partial charge in [-0.05, 0) is 49.4 Å². The highest BCUT2D eigenvalue weighted by atomic mass is 15.2. The number of nitrogens with one attached hydrogen (secondary N) is 2. The molecule has 5 heteroatoms. The quantitative estimate of drug-likeness (QED) is 0.509. The fourth-order valence-corrected chi connectivity index (χ4v) is 4.22. The third-order valence-corrected chi connectivity index (χ3v) is 5.59. The number of aryl methyl sites for hydroxylation is 2. The molecule has 5 rings (SSSR count). The SMILES string of the molecule is Cc1nc(NCCc2c[nH]c3ccccc23)cc(N2CCCc3ccccc32)n1. The van der Waals surface area contributed by atoms with Crippen molar-refractivity contribution in [3.63, 3.8) is 0 Å². The van der Waals surface area contributed by atoms with E-state index in [9.17, 15) is 0 Å². The van der Waals surface area contributed by atoms with Crippen LogP contribution in [0.2, 0.25) is 0 Å². The molecule has 0 fully saturated rings. The molecule has 0 amide bonds. The summed E-state index contributed by atoms with van der Waals surface area (Å²) in [6.45, 7) is 3.78. The van der Waals surface area contributed by atoms with Crippen molar-refractivity contribution in [1.29, 1.82) is 0 Å². The summed E-state index contributed by atoms with van der Waals surface area (Å²) in [5.74, 6) is 2.65. The van der Waals surface area contributed by atoms with Crippen LogP contribution in [0.3, 0.4) is 0 Å². The molecular formula is C24H25N5. The smallest absolute Gasteiger partial charge is 0.138 e. The number of hydrogen-bond acceptors (Lipinski definition) is 4. The minimum absolute atomic E-state index is 0.792. The lowest BCUT2D eigenvalue weighted by molar-refractivity contribution is 0.756. The predicted octanol–water partition coefficient (Wildman–Crippen LogP) is 5.01. The van der Waals surface area contributed by atoms with Gasteiger partial charge in [-0.15, -0.1) is 0 Å². The molecule has 5 nitrogen and oxygen atoms in total. The zero-order valence-corrected chi connectivity index (χ0v) is 16.7. The maximum Gasteiger partial charge on any atom is 0.138 e. The number of hydrogen-bond donors (Lipinski definition) is 2. The minimum Gasteiger partial charge on any atom is -0.370 e. The Morgan fingerprint density at radius 1 is 1.07 bits per heavy atom. The fourth-order valence-electron chi connectivity index (χ4n) is 4.22. The average molecular weight is 383 g/mol. The fraction of sp³-hybridized carbons (Fsp3) is 0.250. The molecular weight excluding hydrogens is 358 g/mol. The van der Waals surface area contributed by atoms with Crippen molar-refractivity contribution in [2.24, 2.45) is 0 Å². The molecule has 29 heavy (non-hydrogen) atoms. The number of aromatic nitrogens is 3. The summed E-state index contributed by atoms with van der Waals surface area (Å²) < 4.78 is 0. The van der Waals surface area contributed by atoms with E-state index in [2.05, 4.69) is 81.0 Å². The summed E-state index contributed by atoms with van der Waals surface area (Å²) in [5, 5.41) is 4.79. The van der Waals surface area contributed by atoms with Gasteiger partial charge >= 0.3 is 0 Å². The maximum atomic E-state index is 4.73. The second-order valence-electron chi connectivity index (χ2n) is 7.58. The summed E-state index contributed by atoms with van der Waals surface area (Å²) in [6.07, 6.45) is 5.32. The van der Waals surface area contributed by atoms with Gasteiger partial charge in [0.1, 0.15) is 17.5 Å². The van der Waals surface area contributed by atoms with E-state index in [1.165, 1.54) is 27.7 Å². The monoisotopic (exact) mass is 383 g/mol. The highest BCUT2D eigenvalue weighted by Crippen LogP contribution is 2.33. The van der Waals surface area contributed by atoms with Crippen LogP contribution in [-0.2, 0) is 12.8 Å². The van der Waals surface area contributed by atoms with Gasteiger partial charge in [0.2, 0.25) is 0 Å². The molecule has 4 aromatic rings. The highest BCUT2D eigenvalue weighted by molar-refractivity contribution is 5.83. The molecule has 0 saturated heterocycles. The first-order valence-electron chi connectivity index (χ1n) is 10.3. The summed E-state index contributed by atoms with van der Waals surface area (Å²) >= 11 is 0. The Kier molecular flexibility index (Phi) is 4.64. The Morgan fingerprint density at radius 2 is 1.93 bits per heavy atom. The lowest BCUT2D eigenvalue weighted by Gasteiger charge is -2.30. The Bertz CT molecular complexity index is 1150. The number of anilines is 3. The van der Waals surface area contributed by atoms with Gasteiger partial charge in [-0.2, -0.15) is 0 Å². The molecule has 0 saturated carbocycles. The summed E-state index contributed by atoms with van der Waals surface area (Å²) in [4.78, 5) is 15.0. The van der Waals surface area contributed by atoms with Gasteiger partial charge < -0.3 is 15.2 Å². The highest BCUT2D eigenvalue weighted by Gasteiger charge is 2.19. The summed E-state index contributed by atoms with van der Waals surface area (Å²) in [5.41, 5.74) is 5.17. The zero-order chi connectivity index (χ0) is 19.6. The Hall–Kier alpha value is -3.34. The number of fused-ring (bicyclic) bond motifs is 2. The lowest BCUT2D eigenvalue weighted by atomic mass is 10.0. The molecule has 0 aliphatic carbocycles. The molecule has 2 aromatic heterocycles. The average Bonchev–Trinajstić information content (AvgIpc) is 3.16. The van der Waals surface area contributed by atoms with Gasteiger partial charge in [0, 0.05) is 41.9 Å². The first kappa shape index (κ1) is 17.7. The Morgan fingerprint density at radius 3 is 2.90 bits per heavy atom. The van der Waals surface area contributed by atoms with Gasteiger partial charge in [-0.1, -0.05) is 36.4 Å². The van der Waals surface area contributed by atoms with E-state index in [1.807, 2.05) is 6.92 Å². The van der Waals surface area contributed by atoms with Crippen molar-refractivity contribution in [1.82, 2.24) is 15.0 Å². The van der Waals surface area contributed by atoms with Gasteiger partial charge in [0.25, 0.3) is 0 Å².